The lowest BCUT2D eigenvalue weighted by Crippen LogP contribution is -2.61. The van der Waals surface area contributed by atoms with E-state index in [1.165, 1.54) is 128 Å². The average molecular weight is 792 g/mol. The molecule has 2 atom stereocenters. The molecule has 328 valence electrons. The van der Waals surface area contributed by atoms with Crippen LogP contribution in [0.15, 0.2) is 0 Å². The van der Waals surface area contributed by atoms with E-state index in [4.69, 9.17) is 9.47 Å². The number of unbranched alkanes of at least 4 members (excludes halogenated alkanes) is 25. The maximum atomic E-state index is 12.7. The minimum atomic E-state index is -0.499. The molecule has 0 saturated carbocycles. The first kappa shape index (κ1) is 51.9. The molecule has 0 aliphatic carbocycles. The monoisotopic (exact) mass is 792 g/mol. The van der Waals surface area contributed by atoms with Crippen molar-refractivity contribution in [2.75, 3.05) is 32.8 Å². The Morgan fingerprint density at radius 2 is 0.732 bits per heavy atom. The highest BCUT2D eigenvalue weighted by atomic mass is 16.5. The van der Waals surface area contributed by atoms with E-state index in [-0.39, 0.29) is 23.8 Å². The van der Waals surface area contributed by atoms with Gasteiger partial charge in [0, 0.05) is 25.9 Å². The Morgan fingerprint density at radius 3 is 1.09 bits per heavy atom. The van der Waals surface area contributed by atoms with E-state index >= 15 is 0 Å². The molecular formula is C47H89N3O6. The summed E-state index contributed by atoms with van der Waals surface area (Å²) in [6.07, 6.45) is 37.1. The first-order valence-electron chi connectivity index (χ1n) is 24.1. The van der Waals surface area contributed by atoms with Crippen LogP contribution < -0.4 is 10.6 Å². The molecule has 1 rings (SSSR count). The molecule has 2 amide bonds. The summed E-state index contributed by atoms with van der Waals surface area (Å²) < 4.78 is 11.2. The Labute approximate surface area is 344 Å². The Hall–Kier alpha value is -2.16. The van der Waals surface area contributed by atoms with Gasteiger partial charge in [-0.25, -0.2) is 0 Å². The zero-order chi connectivity index (χ0) is 40.7. The summed E-state index contributed by atoms with van der Waals surface area (Å²) in [5.74, 6) is -0.457. The molecule has 0 bridgehead atoms. The van der Waals surface area contributed by atoms with Crippen LogP contribution >= 0.6 is 0 Å². The minimum Gasteiger partial charge on any atom is -0.464 e. The number of carbonyl (C=O) groups is 4. The number of carbonyl (C=O) groups excluding carboxylic acids is 4. The lowest BCUT2D eigenvalue weighted by molar-refractivity contribution is -0.144. The van der Waals surface area contributed by atoms with Crippen molar-refractivity contribution in [1.29, 1.82) is 0 Å². The highest BCUT2D eigenvalue weighted by molar-refractivity contribution is 5.96. The summed E-state index contributed by atoms with van der Waals surface area (Å²) in [7, 11) is 0. The molecule has 0 radical (unpaired) electrons. The molecule has 0 aromatic rings. The molecule has 9 heteroatoms. The van der Waals surface area contributed by atoms with Crippen LogP contribution in [-0.4, -0.2) is 73.6 Å². The van der Waals surface area contributed by atoms with Crippen molar-refractivity contribution < 1.29 is 28.7 Å². The zero-order valence-electron chi connectivity index (χ0n) is 36.9. The molecule has 9 nitrogen and oxygen atoms in total. The van der Waals surface area contributed by atoms with Gasteiger partial charge in [0.1, 0.15) is 25.3 Å². The number of rotatable bonds is 41. The van der Waals surface area contributed by atoms with E-state index in [1.54, 1.807) is 0 Å². The van der Waals surface area contributed by atoms with Crippen LogP contribution in [0.2, 0.25) is 0 Å². The van der Waals surface area contributed by atoms with E-state index < -0.39 is 12.1 Å². The number of ether oxygens (including phenoxy) is 2. The molecular weight excluding hydrogens is 703 g/mol. The standard InChI is InChI=1S/C47H89N3O6/c1-4-7-10-12-14-16-18-20-22-24-26-29-35-44(51)55-40-38-50(37-32-31-34-43-47(54)48-42(46(53)49-43)33-28-9-6-3)39-41-56-45(52)36-30-27-25-23-21-19-17-15-13-11-8-5-2/h42-43H,4-41H2,1-3H3,(H,48,54)(H,49,53). The molecule has 56 heavy (non-hydrogen) atoms. The van der Waals surface area contributed by atoms with Crippen molar-refractivity contribution >= 4 is 23.8 Å². The maximum Gasteiger partial charge on any atom is 0.305 e. The summed E-state index contributed by atoms with van der Waals surface area (Å²) in [5, 5.41) is 5.85. The van der Waals surface area contributed by atoms with Crippen molar-refractivity contribution in [1.82, 2.24) is 15.5 Å². The van der Waals surface area contributed by atoms with Crippen molar-refractivity contribution in [3.8, 4) is 0 Å². The van der Waals surface area contributed by atoms with Crippen LogP contribution in [0.5, 0.6) is 0 Å². The largest absolute Gasteiger partial charge is 0.464 e. The number of nitrogens with zero attached hydrogens (tertiary/aromatic N) is 1. The normalized spacial score (nSPS) is 15.6. The molecule has 1 saturated heterocycles. The number of esters is 2. The van der Waals surface area contributed by atoms with Crippen LogP contribution in [-0.2, 0) is 28.7 Å². The molecule has 0 spiro atoms. The van der Waals surface area contributed by atoms with Gasteiger partial charge in [0.15, 0.2) is 0 Å². The van der Waals surface area contributed by atoms with E-state index in [9.17, 15) is 19.2 Å². The van der Waals surface area contributed by atoms with Crippen LogP contribution in [0.4, 0.5) is 0 Å². The van der Waals surface area contributed by atoms with Crippen LogP contribution in [0.3, 0.4) is 0 Å². The van der Waals surface area contributed by atoms with Gasteiger partial charge in [-0.15, -0.1) is 0 Å². The number of nitrogens with one attached hydrogen (secondary N) is 2. The fourth-order valence-corrected chi connectivity index (χ4v) is 7.64. The maximum absolute atomic E-state index is 12.7. The summed E-state index contributed by atoms with van der Waals surface area (Å²) in [6.45, 7) is 9.13. The lowest BCUT2D eigenvalue weighted by Gasteiger charge is -2.30. The summed E-state index contributed by atoms with van der Waals surface area (Å²) in [4.78, 5) is 52.4. The third kappa shape index (κ3) is 30.9. The lowest BCUT2D eigenvalue weighted by atomic mass is 10.0. The first-order chi connectivity index (χ1) is 27.4. The van der Waals surface area contributed by atoms with E-state index in [2.05, 4.69) is 36.3 Å². The van der Waals surface area contributed by atoms with Crippen LogP contribution in [0.25, 0.3) is 0 Å². The Morgan fingerprint density at radius 1 is 0.429 bits per heavy atom. The summed E-state index contributed by atoms with van der Waals surface area (Å²) in [5.41, 5.74) is 0. The van der Waals surface area contributed by atoms with Gasteiger partial charge in [-0.05, 0) is 45.1 Å². The third-order valence-electron chi connectivity index (χ3n) is 11.4. The second-order valence-electron chi connectivity index (χ2n) is 16.7. The molecule has 1 aliphatic heterocycles. The average Bonchev–Trinajstić information content (AvgIpc) is 3.18. The van der Waals surface area contributed by atoms with Gasteiger partial charge in [-0.3, -0.25) is 24.1 Å². The van der Waals surface area contributed by atoms with Crippen molar-refractivity contribution in [3.63, 3.8) is 0 Å². The summed E-state index contributed by atoms with van der Waals surface area (Å²) >= 11 is 0. The predicted octanol–water partition coefficient (Wildman–Crippen LogP) is 11.3. The van der Waals surface area contributed by atoms with Gasteiger partial charge in [0.2, 0.25) is 11.8 Å². The number of hydrogen-bond donors (Lipinski definition) is 2. The van der Waals surface area contributed by atoms with E-state index in [0.717, 1.165) is 64.3 Å². The number of amides is 2. The fourth-order valence-electron chi connectivity index (χ4n) is 7.64. The van der Waals surface area contributed by atoms with Crippen LogP contribution in [0.1, 0.15) is 233 Å². The smallest absolute Gasteiger partial charge is 0.305 e. The Balaban J connectivity index is 2.33. The zero-order valence-corrected chi connectivity index (χ0v) is 36.9. The molecule has 2 unspecified atom stereocenters. The van der Waals surface area contributed by atoms with E-state index in [0.29, 0.717) is 52.0 Å². The SMILES string of the molecule is CCCCCCCCCCCCCCC(=O)OCCN(CCCCC1NC(=O)C(CCCCC)NC1=O)CCOC(=O)CCCCCCCCCCCCCC. The summed E-state index contributed by atoms with van der Waals surface area (Å²) in [6, 6.07) is -0.924. The molecule has 1 aliphatic rings. The molecule has 1 fully saturated rings. The van der Waals surface area contributed by atoms with Gasteiger partial charge < -0.3 is 20.1 Å². The molecule has 1 heterocycles. The van der Waals surface area contributed by atoms with Gasteiger partial charge in [0.25, 0.3) is 0 Å². The Bertz CT molecular complexity index is 916. The number of hydrogen-bond acceptors (Lipinski definition) is 7. The minimum absolute atomic E-state index is 0.0806. The fraction of sp³-hybridized carbons (Fsp3) is 0.915. The number of piperazine rings is 1. The first-order valence-corrected chi connectivity index (χ1v) is 24.1. The predicted molar refractivity (Wildman–Crippen MR) is 232 cm³/mol. The third-order valence-corrected chi connectivity index (χ3v) is 11.4. The van der Waals surface area contributed by atoms with Crippen molar-refractivity contribution in [2.45, 2.75) is 245 Å². The van der Waals surface area contributed by atoms with Crippen molar-refractivity contribution in [3.05, 3.63) is 0 Å². The highest BCUT2D eigenvalue weighted by Crippen LogP contribution is 2.15. The van der Waals surface area contributed by atoms with Crippen LogP contribution in [0, 0.1) is 0 Å². The molecule has 0 aromatic heterocycles. The Kier molecular flexibility index (Phi) is 35.5. The van der Waals surface area contributed by atoms with Gasteiger partial charge in [-0.1, -0.05) is 181 Å². The van der Waals surface area contributed by atoms with Gasteiger partial charge in [-0.2, -0.15) is 0 Å². The quantitative estimate of drug-likeness (QED) is 0.0468. The van der Waals surface area contributed by atoms with E-state index in [1.807, 2.05) is 0 Å². The second-order valence-corrected chi connectivity index (χ2v) is 16.7. The topological polar surface area (TPSA) is 114 Å². The second kappa shape index (κ2) is 38.4. The van der Waals surface area contributed by atoms with Gasteiger partial charge >= 0.3 is 11.9 Å². The van der Waals surface area contributed by atoms with Gasteiger partial charge in [0.05, 0.1) is 0 Å². The molecule has 2 N–H and O–H groups in total. The highest BCUT2D eigenvalue weighted by Gasteiger charge is 2.32. The van der Waals surface area contributed by atoms with Crippen molar-refractivity contribution in [2.24, 2.45) is 0 Å². The molecule has 0 aromatic carbocycles.